The summed E-state index contributed by atoms with van der Waals surface area (Å²) in [7, 11) is 0. The second kappa shape index (κ2) is 8.97. The van der Waals surface area contributed by atoms with E-state index in [0.717, 1.165) is 5.56 Å². The van der Waals surface area contributed by atoms with Crippen LogP contribution in [0.25, 0.3) is 0 Å². The van der Waals surface area contributed by atoms with E-state index >= 15 is 0 Å². The van der Waals surface area contributed by atoms with Crippen molar-refractivity contribution in [3.63, 3.8) is 0 Å². The van der Waals surface area contributed by atoms with Gasteiger partial charge in [-0.05, 0) is 37.1 Å². The van der Waals surface area contributed by atoms with E-state index in [-0.39, 0.29) is 36.6 Å². The molecule has 0 unspecified atom stereocenters. The lowest BCUT2D eigenvalue weighted by Crippen LogP contribution is -2.43. The van der Waals surface area contributed by atoms with Gasteiger partial charge in [-0.15, -0.1) is 0 Å². The molecule has 0 saturated carbocycles. The molecular formula is C20H23FN2O2. The van der Waals surface area contributed by atoms with Gasteiger partial charge in [0.25, 0.3) is 0 Å². The molecule has 0 heterocycles. The summed E-state index contributed by atoms with van der Waals surface area (Å²) in [5.41, 5.74) is 1.75. The fraction of sp³-hybridized carbons (Fsp3) is 0.300. The third-order valence-corrected chi connectivity index (χ3v) is 3.85. The van der Waals surface area contributed by atoms with Crippen LogP contribution in [-0.2, 0) is 22.6 Å². The lowest BCUT2D eigenvalue weighted by atomic mass is 10.1. The van der Waals surface area contributed by atoms with E-state index in [0.29, 0.717) is 12.1 Å². The zero-order chi connectivity index (χ0) is 18.2. The highest BCUT2D eigenvalue weighted by molar-refractivity contribution is 5.85. The maximum absolute atomic E-state index is 12.9. The number of hydrogen-bond donors (Lipinski definition) is 1. The van der Waals surface area contributed by atoms with Crippen LogP contribution in [-0.4, -0.2) is 29.3 Å². The summed E-state index contributed by atoms with van der Waals surface area (Å²) in [5.74, 6) is -0.734. The molecule has 0 aromatic heterocycles. The molecular weight excluding hydrogens is 319 g/mol. The highest BCUT2D eigenvalue weighted by Gasteiger charge is 2.18. The molecule has 2 aromatic carbocycles. The molecule has 5 heteroatoms. The Kier molecular flexibility index (Phi) is 6.69. The zero-order valence-corrected chi connectivity index (χ0v) is 14.5. The molecule has 2 rings (SSSR count). The molecule has 0 aliphatic carbocycles. The van der Waals surface area contributed by atoms with Crippen molar-refractivity contribution >= 4 is 11.8 Å². The average Bonchev–Trinajstić information content (AvgIpc) is 2.60. The number of amides is 2. The average molecular weight is 342 g/mol. The Morgan fingerprint density at radius 2 is 1.64 bits per heavy atom. The van der Waals surface area contributed by atoms with Crippen molar-refractivity contribution in [3.8, 4) is 0 Å². The van der Waals surface area contributed by atoms with Crippen LogP contribution >= 0.6 is 0 Å². The number of nitrogens with one attached hydrogen (secondary N) is 1. The van der Waals surface area contributed by atoms with Crippen molar-refractivity contribution in [3.05, 3.63) is 71.5 Å². The molecule has 0 spiro atoms. The molecule has 0 atom stereocenters. The summed E-state index contributed by atoms with van der Waals surface area (Å²) >= 11 is 0. The normalized spacial score (nSPS) is 10.6. The molecule has 0 aliphatic heterocycles. The Hall–Kier alpha value is -2.69. The summed E-state index contributed by atoms with van der Waals surface area (Å²) in [6.07, 6.45) is 0.119. The largest absolute Gasteiger partial charge is 0.347 e. The van der Waals surface area contributed by atoms with E-state index < -0.39 is 0 Å². The Morgan fingerprint density at radius 1 is 1.00 bits per heavy atom. The number of carbonyl (C=O) groups is 2. The SMILES string of the molecule is CC(C)N(Cc1ccccc1)C(=O)CNC(=O)Cc1ccc(F)cc1. The van der Waals surface area contributed by atoms with E-state index in [1.165, 1.54) is 12.1 Å². The first-order chi connectivity index (χ1) is 12.0. The Bertz CT molecular complexity index is 699. The number of carbonyl (C=O) groups excluding carboxylic acids is 2. The van der Waals surface area contributed by atoms with E-state index in [1.807, 2.05) is 44.2 Å². The van der Waals surface area contributed by atoms with Gasteiger partial charge in [0, 0.05) is 12.6 Å². The van der Waals surface area contributed by atoms with Gasteiger partial charge in [-0.3, -0.25) is 9.59 Å². The standard InChI is InChI=1S/C20H23FN2O2/c1-15(2)23(14-17-6-4-3-5-7-17)20(25)13-22-19(24)12-16-8-10-18(21)11-9-16/h3-11,15H,12-14H2,1-2H3,(H,22,24). The van der Waals surface area contributed by atoms with E-state index in [1.54, 1.807) is 17.0 Å². The molecule has 2 amide bonds. The number of rotatable bonds is 7. The van der Waals surface area contributed by atoms with Crippen molar-refractivity contribution in [2.75, 3.05) is 6.54 Å². The van der Waals surface area contributed by atoms with E-state index in [4.69, 9.17) is 0 Å². The van der Waals surface area contributed by atoms with E-state index in [2.05, 4.69) is 5.32 Å². The number of nitrogens with zero attached hydrogens (tertiary/aromatic N) is 1. The molecule has 25 heavy (non-hydrogen) atoms. The van der Waals surface area contributed by atoms with Gasteiger partial charge in [0.15, 0.2) is 0 Å². The van der Waals surface area contributed by atoms with Gasteiger partial charge in [0.1, 0.15) is 5.82 Å². The predicted octanol–water partition coefficient (Wildman–Crippen LogP) is 2.92. The second-order valence-electron chi connectivity index (χ2n) is 6.18. The fourth-order valence-electron chi connectivity index (χ4n) is 2.46. The topological polar surface area (TPSA) is 49.4 Å². The number of benzene rings is 2. The van der Waals surface area contributed by atoms with Gasteiger partial charge in [-0.1, -0.05) is 42.5 Å². The summed E-state index contributed by atoms with van der Waals surface area (Å²) < 4.78 is 12.9. The van der Waals surface area contributed by atoms with Gasteiger partial charge in [-0.2, -0.15) is 0 Å². The molecule has 4 nitrogen and oxygen atoms in total. The first-order valence-electron chi connectivity index (χ1n) is 8.30. The summed E-state index contributed by atoms with van der Waals surface area (Å²) in [4.78, 5) is 26.2. The van der Waals surface area contributed by atoms with Crippen LogP contribution < -0.4 is 5.32 Å². The van der Waals surface area contributed by atoms with Gasteiger partial charge < -0.3 is 10.2 Å². The van der Waals surface area contributed by atoms with Crippen molar-refractivity contribution in [1.29, 1.82) is 0 Å². The Labute approximate surface area is 147 Å². The van der Waals surface area contributed by atoms with Crippen molar-refractivity contribution in [2.24, 2.45) is 0 Å². The van der Waals surface area contributed by atoms with Gasteiger partial charge in [0.2, 0.25) is 11.8 Å². The lowest BCUT2D eigenvalue weighted by Gasteiger charge is -2.27. The molecule has 0 fully saturated rings. The summed E-state index contributed by atoms with van der Waals surface area (Å²) in [6.45, 7) is 4.35. The number of hydrogen-bond acceptors (Lipinski definition) is 2. The summed E-state index contributed by atoms with van der Waals surface area (Å²) in [6, 6.07) is 15.5. The third kappa shape index (κ3) is 6.03. The monoisotopic (exact) mass is 342 g/mol. The van der Waals surface area contributed by atoms with Crippen molar-refractivity contribution in [2.45, 2.75) is 32.9 Å². The van der Waals surface area contributed by atoms with Crippen molar-refractivity contribution < 1.29 is 14.0 Å². The predicted molar refractivity (Wildman–Crippen MR) is 95.2 cm³/mol. The third-order valence-electron chi connectivity index (χ3n) is 3.85. The van der Waals surface area contributed by atoms with Crippen LogP contribution in [0.5, 0.6) is 0 Å². The molecule has 0 radical (unpaired) electrons. The molecule has 2 aromatic rings. The molecule has 0 bridgehead atoms. The smallest absolute Gasteiger partial charge is 0.242 e. The van der Waals surface area contributed by atoms with Crippen LogP contribution in [0, 0.1) is 5.82 Å². The second-order valence-corrected chi connectivity index (χ2v) is 6.18. The molecule has 0 aliphatic rings. The minimum Gasteiger partial charge on any atom is -0.347 e. The van der Waals surface area contributed by atoms with Crippen LogP contribution in [0.1, 0.15) is 25.0 Å². The highest BCUT2D eigenvalue weighted by atomic mass is 19.1. The zero-order valence-electron chi connectivity index (χ0n) is 14.5. The Balaban J connectivity index is 1.87. The molecule has 1 N–H and O–H groups in total. The lowest BCUT2D eigenvalue weighted by molar-refractivity contribution is -0.134. The molecule has 0 saturated heterocycles. The van der Waals surface area contributed by atoms with Crippen molar-refractivity contribution in [1.82, 2.24) is 10.2 Å². The first-order valence-corrected chi connectivity index (χ1v) is 8.30. The minimum absolute atomic E-state index is 0.0294. The van der Waals surface area contributed by atoms with Gasteiger partial charge >= 0.3 is 0 Å². The number of halogens is 1. The van der Waals surface area contributed by atoms with Crippen LogP contribution in [0.15, 0.2) is 54.6 Å². The fourth-order valence-corrected chi connectivity index (χ4v) is 2.46. The van der Waals surface area contributed by atoms with Crippen LogP contribution in [0.3, 0.4) is 0 Å². The van der Waals surface area contributed by atoms with E-state index in [9.17, 15) is 14.0 Å². The summed E-state index contributed by atoms with van der Waals surface area (Å²) in [5, 5.41) is 2.64. The first kappa shape index (κ1) is 18.6. The quantitative estimate of drug-likeness (QED) is 0.841. The van der Waals surface area contributed by atoms with Crippen LogP contribution in [0.4, 0.5) is 4.39 Å². The minimum atomic E-state index is -0.340. The van der Waals surface area contributed by atoms with Gasteiger partial charge in [-0.25, -0.2) is 4.39 Å². The van der Waals surface area contributed by atoms with Crippen LogP contribution in [0.2, 0.25) is 0 Å². The Morgan fingerprint density at radius 3 is 2.24 bits per heavy atom. The maximum atomic E-state index is 12.9. The maximum Gasteiger partial charge on any atom is 0.242 e. The molecule has 132 valence electrons. The van der Waals surface area contributed by atoms with Gasteiger partial charge in [0.05, 0.1) is 13.0 Å². The highest BCUT2D eigenvalue weighted by Crippen LogP contribution is 2.08.